The molecule has 2 rings (SSSR count). The van der Waals surface area contributed by atoms with Crippen LogP contribution in [0.4, 0.5) is 15.8 Å². The van der Waals surface area contributed by atoms with Gasteiger partial charge < -0.3 is 11.1 Å². The van der Waals surface area contributed by atoms with Crippen LogP contribution in [0.25, 0.3) is 0 Å². The van der Waals surface area contributed by atoms with Gasteiger partial charge in [-0.3, -0.25) is 0 Å². The standard InChI is InChI=1S/C14H11BrFN3/c15-13-10(7-17)4-5-12(14(13)16)19-8-9-2-1-3-11(18)6-9/h1-6,19H,8,18H2. The molecular weight excluding hydrogens is 309 g/mol. The van der Waals surface area contributed by atoms with E-state index in [1.165, 1.54) is 0 Å². The first kappa shape index (κ1) is 13.4. The predicted molar refractivity (Wildman–Crippen MR) is 77.0 cm³/mol. The zero-order valence-electron chi connectivity index (χ0n) is 9.95. The van der Waals surface area contributed by atoms with Crippen molar-refractivity contribution < 1.29 is 4.39 Å². The van der Waals surface area contributed by atoms with Gasteiger partial charge in [0.05, 0.1) is 15.7 Å². The molecule has 5 heteroatoms. The Kier molecular flexibility index (Phi) is 4.03. The number of rotatable bonds is 3. The summed E-state index contributed by atoms with van der Waals surface area (Å²) in [4.78, 5) is 0. The number of nitrogens with two attached hydrogens (primary N) is 1. The van der Waals surface area contributed by atoms with Crippen molar-refractivity contribution in [2.45, 2.75) is 6.54 Å². The lowest BCUT2D eigenvalue weighted by Crippen LogP contribution is -2.03. The SMILES string of the molecule is N#Cc1ccc(NCc2cccc(N)c2)c(F)c1Br. The lowest BCUT2D eigenvalue weighted by Gasteiger charge is -2.09. The average molecular weight is 320 g/mol. The summed E-state index contributed by atoms with van der Waals surface area (Å²) in [5, 5.41) is 11.8. The van der Waals surface area contributed by atoms with Gasteiger partial charge in [-0.05, 0) is 45.8 Å². The Morgan fingerprint density at radius 2 is 2.11 bits per heavy atom. The number of nitrogens with one attached hydrogen (secondary N) is 1. The summed E-state index contributed by atoms with van der Waals surface area (Å²) in [6, 6.07) is 12.4. The van der Waals surface area contributed by atoms with Crippen molar-refractivity contribution in [2.75, 3.05) is 11.1 Å². The monoisotopic (exact) mass is 319 g/mol. The van der Waals surface area contributed by atoms with Crippen LogP contribution in [0.5, 0.6) is 0 Å². The molecule has 0 amide bonds. The van der Waals surface area contributed by atoms with Gasteiger partial charge in [0.15, 0.2) is 5.82 Å². The summed E-state index contributed by atoms with van der Waals surface area (Å²) >= 11 is 3.07. The molecule has 0 aliphatic heterocycles. The fourth-order valence-electron chi connectivity index (χ4n) is 1.67. The molecule has 2 aromatic carbocycles. The average Bonchev–Trinajstić information content (AvgIpc) is 2.41. The van der Waals surface area contributed by atoms with Gasteiger partial charge in [0.1, 0.15) is 6.07 Å². The van der Waals surface area contributed by atoms with Crippen molar-refractivity contribution in [3.63, 3.8) is 0 Å². The Balaban J connectivity index is 2.17. The first-order chi connectivity index (χ1) is 9.11. The van der Waals surface area contributed by atoms with Crippen LogP contribution in [0.3, 0.4) is 0 Å². The second-order valence-corrected chi connectivity index (χ2v) is 4.79. The Labute approximate surface area is 119 Å². The van der Waals surface area contributed by atoms with E-state index in [1.807, 2.05) is 24.3 Å². The summed E-state index contributed by atoms with van der Waals surface area (Å²) in [5.74, 6) is -0.469. The third kappa shape index (κ3) is 3.04. The van der Waals surface area contributed by atoms with Crippen molar-refractivity contribution in [2.24, 2.45) is 0 Å². The number of hydrogen-bond donors (Lipinski definition) is 2. The van der Waals surface area contributed by atoms with Crippen LogP contribution in [0.2, 0.25) is 0 Å². The Morgan fingerprint density at radius 3 is 2.79 bits per heavy atom. The summed E-state index contributed by atoms with van der Waals surface area (Å²) in [6.45, 7) is 0.459. The van der Waals surface area contributed by atoms with Crippen LogP contribution in [0, 0.1) is 17.1 Å². The minimum atomic E-state index is -0.469. The lowest BCUT2D eigenvalue weighted by atomic mass is 10.2. The van der Waals surface area contributed by atoms with Crippen LogP contribution < -0.4 is 11.1 Å². The van der Waals surface area contributed by atoms with E-state index in [4.69, 9.17) is 11.0 Å². The lowest BCUT2D eigenvalue weighted by molar-refractivity contribution is 0.623. The normalized spacial score (nSPS) is 9.95. The van der Waals surface area contributed by atoms with Crippen LogP contribution in [0.15, 0.2) is 40.9 Å². The Bertz CT molecular complexity index is 650. The highest BCUT2D eigenvalue weighted by molar-refractivity contribution is 9.10. The maximum Gasteiger partial charge on any atom is 0.161 e. The zero-order chi connectivity index (χ0) is 13.8. The first-order valence-electron chi connectivity index (χ1n) is 5.58. The Morgan fingerprint density at radius 1 is 1.32 bits per heavy atom. The summed E-state index contributed by atoms with van der Waals surface area (Å²) < 4.78 is 14.1. The number of nitrogen functional groups attached to an aromatic ring is 1. The molecular formula is C14H11BrFN3. The maximum absolute atomic E-state index is 13.9. The van der Waals surface area contributed by atoms with Gasteiger partial charge in [0, 0.05) is 12.2 Å². The highest BCUT2D eigenvalue weighted by Gasteiger charge is 2.10. The Hall–Kier alpha value is -2.06. The molecule has 0 unspecified atom stereocenters. The van der Waals surface area contributed by atoms with Crippen LogP contribution in [0.1, 0.15) is 11.1 Å². The van der Waals surface area contributed by atoms with Gasteiger partial charge in [0.2, 0.25) is 0 Å². The fraction of sp³-hybridized carbons (Fsp3) is 0.0714. The molecule has 19 heavy (non-hydrogen) atoms. The number of hydrogen-bond acceptors (Lipinski definition) is 3. The molecule has 0 fully saturated rings. The molecule has 0 radical (unpaired) electrons. The van der Waals surface area contributed by atoms with Gasteiger partial charge in [-0.1, -0.05) is 12.1 Å². The van der Waals surface area contributed by atoms with E-state index in [2.05, 4.69) is 21.2 Å². The topological polar surface area (TPSA) is 61.8 Å². The van der Waals surface area contributed by atoms with Crippen molar-refractivity contribution >= 4 is 27.3 Å². The van der Waals surface area contributed by atoms with E-state index in [-0.39, 0.29) is 10.0 Å². The second-order valence-electron chi connectivity index (χ2n) is 4.00. The summed E-state index contributed by atoms with van der Waals surface area (Å²) in [5.41, 5.74) is 7.91. The first-order valence-corrected chi connectivity index (χ1v) is 6.37. The van der Waals surface area contributed by atoms with Gasteiger partial charge in [-0.2, -0.15) is 5.26 Å². The molecule has 0 aromatic heterocycles. The number of benzene rings is 2. The highest BCUT2D eigenvalue weighted by atomic mass is 79.9. The van der Waals surface area contributed by atoms with Crippen molar-refractivity contribution in [3.8, 4) is 6.07 Å². The minimum absolute atomic E-state index is 0.174. The second kappa shape index (κ2) is 5.72. The van der Waals surface area contributed by atoms with Gasteiger partial charge in [0.25, 0.3) is 0 Å². The van der Waals surface area contributed by atoms with E-state index in [0.717, 1.165) is 5.56 Å². The number of anilines is 2. The van der Waals surface area contributed by atoms with Crippen molar-refractivity contribution in [1.82, 2.24) is 0 Å². The summed E-state index contributed by atoms with van der Waals surface area (Å²) in [7, 11) is 0. The van der Waals surface area contributed by atoms with Gasteiger partial charge >= 0.3 is 0 Å². The van der Waals surface area contributed by atoms with Gasteiger partial charge in [-0.15, -0.1) is 0 Å². The molecule has 0 heterocycles. The number of nitriles is 1. The quantitative estimate of drug-likeness (QED) is 0.849. The molecule has 0 aliphatic carbocycles. The molecule has 2 aromatic rings. The van der Waals surface area contributed by atoms with Crippen LogP contribution in [-0.2, 0) is 6.54 Å². The van der Waals surface area contributed by atoms with Crippen molar-refractivity contribution in [1.29, 1.82) is 5.26 Å². The third-order valence-corrected chi connectivity index (χ3v) is 3.41. The maximum atomic E-state index is 13.9. The van der Waals surface area contributed by atoms with E-state index < -0.39 is 5.82 Å². The minimum Gasteiger partial charge on any atom is -0.399 e. The molecule has 0 bridgehead atoms. The highest BCUT2D eigenvalue weighted by Crippen LogP contribution is 2.26. The molecule has 0 atom stereocenters. The van der Waals surface area contributed by atoms with E-state index in [9.17, 15) is 4.39 Å². The van der Waals surface area contributed by atoms with E-state index >= 15 is 0 Å². The molecule has 3 nitrogen and oxygen atoms in total. The van der Waals surface area contributed by atoms with E-state index in [0.29, 0.717) is 17.9 Å². The van der Waals surface area contributed by atoms with Crippen molar-refractivity contribution in [3.05, 3.63) is 57.8 Å². The number of halogens is 2. The molecule has 0 saturated carbocycles. The largest absolute Gasteiger partial charge is 0.399 e. The molecule has 0 aliphatic rings. The number of nitrogens with zero attached hydrogens (tertiary/aromatic N) is 1. The molecule has 96 valence electrons. The summed E-state index contributed by atoms with van der Waals surface area (Å²) in [6.07, 6.45) is 0. The third-order valence-electron chi connectivity index (χ3n) is 2.64. The molecule has 0 spiro atoms. The molecule has 0 saturated heterocycles. The molecule has 3 N–H and O–H groups in total. The smallest absolute Gasteiger partial charge is 0.161 e. The van der Waals surface area contributed by atoms with Crippen LogP contribution in [-0.4, -0.2) is 0 Å². The van der Waals surface area contributed by atoms with Crippen LogP contribution >= 0.6 is 15.9 Å². The fourth-order valence-corrected chi connectivity index (χ4v) is 2.11. The zero-order valence-corrected chi connectivity index (χ0v) is 11.5. The van der Waals surface area contributed by atoms with Gasteiger partial charge in [-0.25, -0.2) is 4.39 Å². The van der Waals surface area contributed by atoms with E-state index in [1.54, 1.807) is 18.2 Å². The predicted octanol–water partition coefficient (Wildman–Crippen LogP) is 3.65.